The van der Waals surface area contributed by atoms with E-state index in [1.165, 1.54) is 49.5 Å². The molecule has 1 fully saturated rings. The number of nitrogens with one attached hydrogen (secondary N) is 1. The van der Waals surface area contributed by atoms with Crippen LogP contribution in [-0.4, -0.2) is 75.4 Å². The molecule has 1 saturated heterocycles. The van der Waals surface area contributed by atoms with Crippen LogP contribution >= 0.6 is 0 Å². The van der Waals surface area contributed by atoms with Crippen LogP contribution in [0.25, 0.3) is 0 Å². The number of carbonyl (C=O) groups excluding carboxylic acids is 2. The van der Waals surface area contributed by atoms with Crippen LogP contribution in [0.15, 0.2) is 29.2 Å². The molecule has 26 heavy (non-hydrogen) atoms. The first-order valence-electron chi connectivity index (χ1n) is 8.27. The molecule has 0 saturated carbocycles. The van der Waals surface area contributed by atoms with Gasteiger partial charge in [-0.05, 0) is 39.1 Å². The van der Waals surface area contributed by atoms with Crippen LogP contribution in [0.2, 0.25) is 0 Å². The summed E-state index contributed by atoms with van der Waals surface area (Å²) in [5.74, 6) is -1.14. The van der Waals surface area contributed by atoms with E-state index in [9.17, 15) is 18.0 Å². The van der Waals surface area contributed by atoms with Gasteiger partial charge in [-0.1, -0.05) is 6.07 Å². The highest BCUT2D eigenvalue weighted by molar-refractivity contribution is 7.89. The van der Waals surface area contributed by atoms with Crippen molar-refractivity contribution >= 4 is 21.9 Å². The van der Waals surface area contributed by atoms with Gasteiger partial charge in [0.15, 0.2) is 0 Å². The summed E-state index contributed by atoms with van der Waals surface area (Å²) < 4.78 is 31.7. The maximum Gasteiger partial charge on any atom is 0.330 e. The van der Waals surface area contributed by atoms with Crippen molar-refractivity contribution in [2.24, 2.45) is 0 Å². The predicted octanol–water partition coefficient (Wildman–Crippen LogP) is 0.304. The number of benzene rings is 1. The minimum atomic E-state index is -3.67. The largest absolute Gasteiger partial charge is 0.467 e. The Hall–Kier alpha value is -1.97. The van der Waals surface area contributed by atoms with Gasteiger partial charge in [0.2, 0.25) is 10.0 Å². The van der Waals surface area contributed by atoms with Gasteiger partial charge in [0.25, 0.3) is 5.91 Å². The third kappa shape index (κ3) is 4.40. The van der Waals surface area contributed by atoms with Gasteiger partial charge in [-0.3, -0.25) is 4.79 Å². The Morgan fingerprint density at radius 3 is 2.35 bits per heavy atom. The van der Waals surface area contributed by atoms with E-state index < -0.39 is 27.4 Å². The van der Waals surface area contributed by atoms with Crippen molar-refractivity contribution in [1.82, 2.24) is 14.5 Å². The summed E-state index contributed by atoms with van der Waals surface area (Å²) in [6.07, 6.45) is 0. The van der Waals surface area contributed by atoms with Crippen molar-refractivity contribution in [2.75, 3.05) is 40.3 Å². The van der Waals surface area contributed by atoms with E-state index in [0.717, 1.165) is 0 Å². The zero-order chi connectivity index (χ0) is 19.5. The number of methoxy groups -OCH3 is 1. The van der Waals surface area contributed by atoms with Crippen molar-refractivity contribution < 1.29 is 22.7 Å². The number of piperazine rings is 1. The topological polar surface area (TPSA) is 96.0 Å². The van der Waals surface area contributed by atoms with Crippen LogP contribution in [0.4, 0.5) is 0 Å². The molecule has 8 nitrogen and oxygen atoms in total. The minimum absolute atomic E-state index is 0.0607. The summed E-state index contributed by atoms with van der Waals surface area (Å²) in [4.78, 5) is 26.3. The van der Waals surface area contributed by atoms with Crippen molar-refractivity contribution in [3.8, 4) is 0 Å². The molecule has 0 spiro atoms. The molecule has 1 aromatic rings. The average Bonchev–Trinajstić information content (AvgIpc) is 2.61. The molecule has 0 radical (unpaired) electrons. The maximum atomic E-state index is 12.8. The molecule has 1 aromatic carbocycles. The number of ether oxygens (including phenoxy) is 1. The summed E-state index contributed by atoms with van der Waals surface area (Å²) in [6, 6.07) is 5.82. The Labute approximate surface area is 154 Å². The van der Waals surface area contributed by atoms with Crippen LogP contribution in [0.5, 0.6) is 0 Å². The van der Waals surface area contributed by atoms with Gasteiger partial charge in [0.05, 0.1) is 12.0 Å². The fraction of sp³-hybridized carbons (Fsp3) is 0.529. The summed E-state index contributed by atoms with van der Waals surface area (Å²) in [6.45, 7) is 5.16. The molecular formula is C17H25N3O5S. The van der Waals surface area contributed by atoms with E-state index in [1.54, 1.807) is 0 Å². The number of hydrogen-bond donors (Lipinski definition) is 1. The molecule has 1 aliphatic heterocycles. The van der Waals surface area contributed by atoms with E-state index in [-0.39, 0.29) is 10.5 Å². The molecule has 0 bridgehead atoms. The monoisotopic (exact) mass is 383 g/mol. The van der Waals surface area contributed by atoms with Crippen molar-refractivity contribution in [3.05, 3.63) is 29.8 Å². The van der Waals surface area contributed by atoms with Gasteiger partial charge in [-0.15, -0.1) is 0 Å². The SMILES string of the molecule is COC(=O)C(C)(C)NC(=O)c1cccc(S(=O)(=O)N2CCN(C)CC2)c1. The van der Waals surface area contributed by atoms with Crippen LogP contribution in [-0.2, 0) is 19.6 Å². The number of likely N-dealkylation sites (N-methyl/N-ethyl adjacent to an activating group) is 1. The van der Waals surface area contributed by atoms with Gasteiger partial charge in [-0.2, -0.15) is 4.31 Å². The fourth-order valence-electron chi connectivity index (χ4n) is 2.64. The van der Waals surface area contributed by atoms with Crippen LogP contribution < -0.4 is 5.32 Å². The average molecular weight is 383 g/mol. The molecular weight excluding hydrogens is 358 g/mol. The lowest BCUT2D eigenvalue weighted by Crippen LogP contribution is -2.50. The van der Waals surface area contributed by atoms with Crippen molar-refractivity contribution in [3.63, 3.8) is 0 Å². The second-order valence-corrected chi connectivity index (χ2v) is 8.74. The summed E-state index contributed by atoms with van der Waals surface area (Å²) in [5, 5.41) is 2.56. The number of amides is 1. The first kappa shape index (κ1) is 20.3. The Bertz CT molecular complexity index is 783. The lowest BCUT2D eigenvalue weighted by Gasteiger charge is -2.31. The number of carbonyl (C=O) groups is 2. The summed E-state index contributed by atoms with van der Waals surface area (Å²) >= 11 is 0. The zero-order valence-electron chi connectivity index (χ0n) is 15.5. The normalized spacial score (nSPS) is 16.9. The molecule has 0 aliphatic carbocycles. The number of sulfonamides is 1. The Kier molecular flexibility index (Phi) is 6.05. The quantitative estimate of drug-likeness (QED) is 0.735. The Balaban J connectivity index is 2.22. The zero-order valence-corrected chi connectivity index (χ0v) is 16.3. The molecule has 144 valence electrons. The van der Waals surface area contributed by atoms with Crippen LogP contribution in [0.3, 0.4) is 0 Å². The van der Waals surface area contributed by atoms with E-state index in [1.807, 2.05) is 7.05 Å². The summed E-state index contributed by atoms with van der Waals surface area (Å²) in [5.41, 5.74) is -1.06. The van der Waals surface area contributed by atoms with E-state index in [0.29, 0.717) is 26.2 Å². The van der Waals surface area contributed by atoms with Gasteiger partial charge < -0.3 is 15.0 Å². The van der Waals surface area contributed by atoms with E-state index in [4.69, 9.17) is 0 Å². The first-order chi connectivity index (χ1) is 12.1. The predicted molar refractivity (Wildman–Crippen MR) is 96.3 cm³/mol. The number of hydrogen-bond acceptors (Lipinski definition) is 6. The highest BCUT2D eigenvalue weighted by atomic mass is 32.2. The Morgan fingerprint density at radius 1 is 1.15 bits per heavy atom. The molecule has 9 heteroatoms. The highest BCUT2D eigenvalue weighted by Crippen LogP contribution is 2.19. The minimum Gasteiger partial charge on any atom is -0.467 e. The second-order valence-electron chi connectivity index (χ2n) is 6.81. The van der Waals surface area contributed by atoms with Crippen LogP contribution in [0, 0.1) is 0 Å². The second kappa shape index (κ2) is 7.73. The third-order valence-electron chi connectivity index (χ3n) is 4.32. The maximum absolute atomic E-state index is 12.8. The number of rotatable bonds is 5. The number of nitrogens with zero attached hydrogens (tertiary/aromatic N) is 2. The first-order valence-corrected chi connectivity index (χ1v) is 9.71. The highest BCUT2D eigenvalue weighted by Gasteiger charge is 2.32. The Morgan fingerprint density at radius 2 is 1.77 bits per heavy atom. The van der Waals surface area contributed by atoms with E-state index >= 15 is 0 Å². The lowest BCUT2D eigenvalue weighted by atomic mass is 10.1. The molecule has 0 aromatic heterocycles. The molecule has 1 aliphatic rings. The number of esters is 1. The molecule has 1 amide bonds. The molecule has 1 heterocycles. The van der Waals surface area contributed by atoms with Crippen molar-refractivity contribution in [2.45, 2.75) is 24.3 Å². The molecule has 2 rings (SSSR count). The van der Waals surface area contributed by atoms with Crippen molar-refractivity contribution in [1.29, 1.82) is 0 Å². The standard InChI is InChI=1S/C17H25N3O5S/c1-17(2,16(22)25-4)18-15(21)13-6-5-7-14(12-13)26(23,24)20-10-8-19(3)9-11-20/h5-7,12H,8-11H2,1-4H3,(H,18,21). The fourth-order valence-corrected chi connectivity index (χ4v) is 4.11. The van der Waals surface area contributed by atoms with Gasteiger partial charge in [0, 0.05) is 31.7 Å². The van der Waals surface area contributed by atoms with Gasteiger partial charge in [-0.25, -0.2) is 13.2 Å². The molecule has 0 unspecified atom stereocenters. The molecule has 1 N–H and O–H groups in total. The van der Waals surface area contributed by atoms with Gasteiger partial charge in [0.1, 0.15) is 5.54 Å². The molecule has 0 atom stereocenters. The van der Waals surface area contributed by atoms with Crippen LogP contribution in [0.1, 0.15) is 24.2 Å². The lowest BCUT2D eigenvalue weighted by molar-refractivity contribution is -0.146. The van der Waals surface area contributed by atoms with E-state index in [2.05, 4.69) is 15.0 Å². The third-order valence-corrected chi connectivity index (χ3v) is 6.21. The summed E-state index contributed by atoms with van der Waals surface area (Å²) in [7, 11) is -0.493. The smallest absolute Gasteiger partial charge is 0.330 e. The van der Waals surface area contributed by atoms with Gasteiger partial charge >= 0.3 is 5.97 Å².